The lowest BCUT2D eigenvalue weighted by atomic mass is 10.2. The Balaban J connectivity index is 2.10. The second-order valence-corrected chi connectivity index (χ2v) is 3.58. The fourth-order valence-corrected chi connectivity index (χ4v) is 1.42. The number of anilines is 1. The lowest BCUT2D eigenvalue weighted by Gasteiger charge is -2.07. The lowest BCUT2D eigenvalue weighted by Crippen LogP contribution is -2.09. The van der Waals surface area contributed by atoms with Crippen molar-refractivity contribution in [1.82, 2.24) is 10.2 Å². The highest BCUT2D eigenvalue weighted by Crippen LogP contribution is 2.12. The van der Waals surface area contributed by atoms with E-state index in [-0.39, 0.29) is 17.2 Å². The number of carboxylic acid groups (broad SMARTS) is 1. The van der Waals surface area contributed by atoms with Crippen molar-refractivity contribution in [1.29, 1.82) is 0 Å². The van der Waals surface area contributed by atoms with Gasteiger partial charge in [0, 0.05) is 6.54 Å². The Hall–Kier alpha value is -2.50. The van der Waals surface area contributed by atoms with Crippen LogP contribution in [0.4, 0.5) is 10.2 Å². The van der Waals surface area contributed by atoms with Gasteiger partial charge in [0.05, 0.1) is 6.20 Å². The van der Waals surface area contributed by atoms with Crippen LogP contribution in [-0.2, 0) is 6.54 Å². The standard InChI is InChI=1S/C12H10FN3O2/c13-9-3-1-8(2-4-9)7-14-11-10(12(17)18)5-6-15-16-11/h1-6H,7H2,(H,14,16)(H,17,18). The molecule has 5 nitrogen and oxygen atoms in total. The molecule has 2 rings (SSSR count). The van der Waals surface area contributed by atoms with Gasteiger partial charge in [-0.25, -0.2) is 9.18 Å². The van der Waals surface area contributed by atoms with Gasteiger partial charge in [0.25, 0.3) is 0 Å². The number of benzene rings is 1. The van der Waals surface area contributed by atoms with E-state index in [0.717, 1.165) is 5.56 Å². The Morgan fingerprint density at radius 1 is 1.28 bits per heavy atom. The predicted molar refractivity (Wildman–Crippen MR) is 62.7 cm³/mol. The minimum Gasteiger partial charge on any atom is -0.478 e. The van der Waals surface area contributed by atoms with Crippen molar-refractivity contribution in [2.24, 2.45) is 0 Å². The number of halogens is 1. The van der Waals surface area contributed by atoms with Crippen LogP contribution in [0.25, 0.3) is 0 Å². The summed E-state index contributed by atoms with van der Waals surface area (Å²) in [5.41, 5.74) is 0.866. The molecule has 0 spiro atoms. The Bertz CT molecular complexity index is 558. The molecule has 1 aromatic heterocycles. The van der Waals surface area contributed by atoms with Gasteiger partial charge in [-0.15, -0.1) is 5.10 Å². The van der Waals surface area contributed by atoms with Crippen molar-refractivity contribution in [2.45, 2.75) is 6.54 Å². The molecule has 0 radical (unpaired) electrons. The van der Waals surface area contributed by atoms with Gasteiger partial charge in [-0.3, -0.25) is 0 Å². The molecule has 0 atom stereocenters. The van der Waals surface area contributed by atoms with E-state index in [1.165, 1.54) is 24.4 Å². The number of rotatable bonds is 4. The smallest absolute Gasteiger partial charge is 0.339 e. The van der Waals surface area contributed by atoms with Gasteiger partial charge < -0.3 is 10.4 Å². The number of carboxylic acids is 1. The summed E-state index contributed by atoms with van der Waals surface area (Å²) >= 11 is 0. The molecule has 0 amide bonds. The number of hydrogen-bond acceptors (Lipinski definition) is 4. The molecular weight excluding hydrogens is 237 g/mol. The summed E-state index contributed by atoms with van der Waals surface area (Å²) in [6.07, 6.45) is 1.31. The van der Waals surface area contributed by atoms with Crippen molar-refractivity contribution < 1.29 is 14.3 Å². The van der Waals surface area contributed by atoms with Crippen molar-refractivity contribution in [3.05, 3.63) is 53.5 Å². The molecule has 1 aromatic carbocycles. The highest BCUT2D eigenvalue weighted by molar-refractivity contribution is 5.92. The zero-order valence-corrected chi connectivity index (χ0v) is 9.30. The molecule has 0 bridgehead atoms. The average Bonchev–Trinajstić information content (AvgIpc) is 2.38. The van der Waals surface area contributed by atoms with Crippen LogP contribution in [0.2, 0.25) is 0 Å². The molecule has 6 heteroatoms. The largest absolute Gasteiger partial charge is 0.478 e. The van der Waals surface area contributed by atoms with Gasteiger partial charge in [0.2, 0.25) is 0 Å². The summed E-state index contributed by atoms with van der Waals surface area (Å²) in [5, 5.41) is 19.1. The van der Waals surface area contributed by atoms with Crippen LogP contribution in [-0.4, -0.2) is 21.3 Å². The third-order valence-corrected chi connectivity index (χ3v) is 2.32. The molecule has 2 aromatic rings. The van der Waals surface area contributed by atoms with Gasteiger partial charge in [-0.1, -0.05) is 12.1 Å². The van der Waals surface area contributed by atoms with E-state index in [2.05, 4.69) is 15.5 Å². The molecular formula is C12H10FN3O2. The monoisotopic (exact) mass is 247 g/mol. The van der Waals surface area contributed by atoms with E-state index < -0.39 is 5.97 Å². The summed E-state index contributed by atoms with van der Waals surface area (Å²) < 4.78 is 12.7. The zero-order chi connectivity index (χ0) is 13.0. The molecule has 0 saturated carbocycles. The number of aromatic carboxylic acids is 1. The highest BCUT2D eigenvalue weighted by atomic mass is 19.1. The number of nitrogens with one attached hydrogen (secondary N) is 1. The van der Waals surface area contributed by atoms with Gasteiger partial charge in [0.1, 0.15) is 11.4 Å². The maximum atomic E-state index is 12.7. The zero-order valence-electron chi connectivity index (χ0n) is 9.30. The third-order valence-electron chi connectivity index (χ3n) is 2.32. The van der Waals surface area contributed by atoms with E-state index in [4.69, 9.17) is 5.11 Å². The van der Waals surface area contributed by atoms with Crippen LogP contribution < -0.4 is 5.32 Å². The first-order valence-corrected chi connectivity index (χ1v) is 5.20. The van der Waals surface area contributed by atoms with Crippen molar-refractivity contribution in [2.75, 3.05) is 5.32 Å². The summed E-state index contributed by atoms with van der Waals surface area (Å²) in [6, 6.07) is 7.26. The van der Waals surface area contributed by atoms with Crippen molar-refractivity contribution in [3.8, 4) is 0 Å². The maximum Gasteiger partial charge on any atom is 0.339 e. The first-order chi connectivity index (χ1) is 8.66. The molecule has 0 aliphatic heterocycles. The summed E-state index contributed by atoms with van der Waals surface area (Å²) in [6.45, 7) is 0.346. The van der Waals surface area contributed by atoms with Crippen LogP contribution in [0.15, 0.2) is 36.5 Å². The number of nitrogens with zero attached hydrogens (tertiary/aromatic N) is 2. The van der Waals surface area contributed by atoms with Crippen LogP contribution >= 0.6 is 0 Å². The first-order valence-electron chi connectivity index (χ1n) is 5.20. The lowest BCUT2D eigenvalue weighted by molar-refractivity contribution is 0.0697. The van der Waals surface area contributed by atoms with E-state index in [0.29, 0.717) is 6.54 Å². The molecule has 18 heavy (non-hydrogen) atoms. The van der Waals surface area contributed by atoms with E-state index in [1.54, 1.807) is 12.1 Å². The average molecular weight is 247 g/mol. The molecule has 0 unspecified atom stereocenters. The van der Waals surface area contributed by atoms with Crippen LogP contribution in [0.5, 0.6) is 0 Å². The second kappa shape index (κ2) is 5.22. The Kier molecular flexibility index (Phi) is 3.47. The van der Waals surface area contributed by atoms with E-state index >= 15 is 0 Å². The molecule has 0 saturated heterocycles. The van der Waals surface area contributed by atoms with Gasteiger partial charge >= 0.3 is 5.97 Å². The van der Waals surface area contributed by atoms with Gasteiger partial charge in [0.15, 0.2) is 5.82 Å². The quantitative estimate of drug-likeness (QED) is 0.863. The molecule has 2 N–H and O–H groups in total. The Labute approximate surface area is 102 Å². The Morgan fingerprint density at radius 3 is 2.67 bits per heavy atom. The predicted octanol–water partition coefficient (Wildman–Crippen LogP) is 1.93. The molecule has 0 aliphatic rings. The number of carbonyl (C=O) groups is 1. The molecule has 92 valence electrons. The summed E-state index contributed by atoms with van der Waals surface area (Å²) in [5.74, 6) is -1.20. The van der Waals surface area contributed by atoms with Crippen LogP contribution in [0.3, 0.4) is 0 Å². The second-order valence-electron chi connectivity index (χ2n) is 3.58. The SMILES string of the molecule is O=C(O)c1ccnnc1NCc1ccc(F)cc1. The number of aromatic nitrogens is 2. The van der Waals surface area contributed by atoms with E-state index in [1.807, 2.05) is 0 Å². The van der Waals surface area contributed by atoms with Crippen molar-refractivity contribution in [3.63, 3.8) is 0 Å². The minimum atomic E-state index is -1.08. The van der Waals surface area contributed by atoms with Gasteiger partial charge in [-0.05, 0) is 23.8 Å². The van der Waals surface area contributed by atoms with Crippen LogP contribution in [0.1, 0.15) is 15.9 Å². The van der Waals surface area contributed by atoms with Gasteiger partial charge in [-0.2, -0.15) is 5.10 Å². The number of hydrogen-bond donors (Lipinski definition) is 2. The molecule has 0 aliphatic carbocycles. The molecule has 1 heterocycles. The highest BCUT2D eigenvalue weighted by Gasteiger charge is 2.10. The first kappa shape index (κ1) is 12.0. The Morgan fingerprint density at radius 2 is 2.00 bits per heavy atom. The maximum absolute atomic E-state index is 12.7. The fourth-order valence-electron chi connectivity index (χ4n) is 1.42. The van der Waals surface area contributed by atoms with Crippen LogP contribution in [0, 0.1) is 5.82 Å². The normalized spacial score (nSPS) is 10.1. The summed E-state index contributed by atoms with van der Waals surface area (Å²) in [7, 11) is 0. The summed E-state index contributed by atoms with van der Waals surface area (Å²) in [4.78, 5) is 10.9. The van der Waals surface area contributed by atoms with E-state index in [9.17, 15) is 9.18 Å². The fraction of sp³-hybridized carbons (Fsp3) is 0.0833. The molecule has 0 fully saturated rings. The minimum absolute atomic E-state index is 0.0483. The topological polar surface area (TPSA) is 75.1 Å². The third kappa shape index (κ3) is 2.79. The van der Waals surface area contributed by atoms with Crippen molar-refractivity contribution >= 4 is 11.8 Å².